The maximum absolute atomic E-state index is 11.3. The molecule has 1 saturated heterocycles. The van der Waals surface area contributed by atoms with Crippen LogP contribution in [0.3, 0.4) is 0 Å². The highest BCUT2D eigenvalue weighted by Crippen LogP contribution is 2.29. The molecule has 0 saturated carbocycles. The Morgan fingerprint density at radius 3 is 2.87 bits per heavy atom. The van der Waals surface area contributed by atoms with Gasteiger partial charge in [-0.25, -0.2) is 4.79 Å². The molecule has 84 valence electrons. The minimum absolute atomic E-state index is 0.0565. The monoisotopic (exact) mass is 212 g/mol. The predicted octanol–water partition coefficient (Wildman–Crippen LogP) is 1.75. The van der Waals surface area contributed by atoms with Gasteiger partial charge in [0.2, 0.25) is 0 Å². The third kappa shape index (κ3) is 2.81. The van der Waals surface area contributed by atoms with E-state index in [4.69, 9.17) is 9.84 Å². The average Bonchev–Trinajstić information content (AvgIpc) is 2.55. The van der Waals surface area contributed by atoms with Gasteiger partial charge in [-0.3, -0.25) is 4.79 Å². The van der Waals surface area contributed by atoms with E-state index in [2.05, 4.69) is 13.5 Å². The average molecular weight is 212 g/mol. The number of cyclic esters (lactones) is 1. The molecule has 0 radical (unpaired) electrons. The van der Waals surface area contributed by atoms with Crippen molar-refractivity contribution in [3.8, 4) is 0 Å². The molecule has 1 heterocycles. The largest absolute Gasteiger partial charge is 0.478 e. The standard InChI is InChI=1S/C11H16O4/c1-3-4-5-8-6-9(11(14)15-8)7(2)10(12)13/h8-9H,2-6H2,1H3,(H,12,13)/t8-,9+/m0/s1. The highest BCUT2D eigenvalue weighted by molar-refractivity contribution is 5.94. The van der Waals surface area contributed by atoms with Crippen molar-refractivity contribution < 1.29 is 19.4 Å². The molecule has 1 aliphatic rings. The molecule has 4 nitrogen and oxygen atoms in total. The van der Waals surface area contributed by atoms with Crippen molar-refractivity contribution in [1.82, 2.24) is 0 Å². The van der Waals surface area contributed by atoms with Gasteiger partial charge in [-0.1, -0.05) is 26.3 Å². The summed E-state index contributed by atoms with van der Waals surface area (Å²) in [6.07, 6.45) is 3.18. The summed E-state index contributed by atoms with van der Waals surface area (Å²) < 4.78 is 5.08. The number of carboxylic acids is 1. The molecule has 0 aromatic heterocycles. The Morgan fingerprint density at radius 1 is 1.67 bits per heavy atom. The fraction of sp³-hybridized carbons (Fsp3) is 0.636. The second-order valence-corrected chi connectivity index (χ2v) is 3.82. The number of hydrogen-bond acceptors (Lipinski definition) is 3. The lowest BCUT2D eigenvalue weighted by Crippen LogP contribution is -2.15. The summed E-state index contributed by atoms with van der Waals surface area (Å²) in [5, 5.41) is 8.72. The molecule has 1 N–H and O–H groups in total. The molecule has 0 bridgehead atoms. The van der Waals surface area contributed by atoms with Crippen molar-refractivity contribution in [3.05, 3.63) is 12.2 Å². The molecule has 0 amide bonds. The van der Waals surface area contributed by atoms with Crippen LogP contribution in [0.4, 0.5) is 0 Å². The van der Waals surface area contributed by atoms with E-state index in [1.54, 1.807) is 0 Å². The number of rotatable bonds is 5. The smallest absolute Gasteiger partial charge is 0.331 e. The van der Waals surface area contributed by atoms with Crippen LogP contribution >= 0.6 is 0 Å². The van der Waals surface area contributed by atoms with Gasteiger partial charge in [0.25, 0.3) is 0 Å². The van der Waals surface area contributed by atoms with Gasteiger partial charge in [0, 0.05) is 12.0 Å². The van der Waals surface area contributed by atoms with Gasteiger partial charge >= 0.3 is 11.9 Å². The van der Waals surface area contributed by atoms with Crippen LogP contribution < -0.4 is 0 Å². The van der Waals surface area contributed by atoms with Crippen LogP contribution in [0.5, 0.6) is 0 Å². The van der Waals surface area contributed by atoms with E-state index in [1.165, 1.54) is 0 Å². The third-order valence-electron chi connectivity index (χ3n) is 2.64. The van der Waals surface area contributed by atoms with Crippen molar-refractivity contribution in [1.29, 1.82) is 0 Å². The van der Waals surface area contributed by atoms with E-state index < -0.39 is 17.9 Å². The Balaban J connectivity index is 2.53. The summed E-state index contributed by atoms with van der Waals surface area (Å²) in [6, 6.07) is 0. The first-order valence-corrected chi connectivity index (χ1v) is 5.18. The van der Waals surface area contributed by atoms with Gasteiger partial charge in [0.15, 0.2) is 0 Å². The highest BCUT2D eigenvalue weighted by atomic mass is 16.6. The molecule has 0 unspecified atom stereocenters. The van der Waals surface area contributed by atoms with Crippen molar-refractivity contribution in [3.63, 3.8) is 0 Å². The predicted molar refractivity (Wildman–Crippen MR) is 54.3 cm³/mol. The van der Waals surface area contributed by atoms with Crippen LogP contribution in [0, 0.1) is 5.92 Å². The zero-order valence-electron chi connectivity index (χ0n) is 8.86. The number of aliphatic carboxylic acids is 1. The molecular weight excluding hydrogens is 196 g/mol. The molecule has 0 aromatic carbocycles. The van der Waals surface area contributed by atoms with Gasteiger partial charge < -0.3 is 9.84 Å². The van der Waals surface area contributed by atoms with Crippen molar-refractivity contribution >= 4 is 11.9 Å². The zero-order chi connectivity index (χ0) is 11.4. The van der Waals surface area contributed by atoms with E-state index >= 15 is 0 Å². The van der Waals surface area contributed by atoms with Crippen LogP contribution in [-0.4, -0.2) is 23.1 Å². The maximum atomic E-state index is 11.3. The van der Waals surface area contributed by atoms with Crippen LogP contribution in [-0.2, 0) is 14.3 Å². The van der Waals surface area contributed by atoms with Gasteiger partial charge in [-0.2, -0.15) is 0 Å². The zero-order valence-corrected chi connectivity index (χ0v) is 8.86. The maximum Gasteiger partial charge on any atom is 0.331 e. The van der Waals surface area contributed by atoms with E-state index in [0.29, 0.717) is 6.42 Å². The normalized spacial score (nSPS) is 25.0. The second kappa shape index (κ2) is 4.96. The molecule has 0 aliphatic carbocycles. The minimum Gasteiger partial charge on any atom is -0.478 e. The van der Waals surface area contributed by atoms with Crippen LogP contribution in [0.25, 0.3) is 0 Å². The lowest BCUT2D eigenvalue weighted by atomic mass is 9.95. The number of carbonyl (C=O) groups is 2. The van der Waals surface area contributed by atoms with Crippen LogP contribution in [0.2, 0.25) is 0 Å². The molecule has 0 spiro atoms. The SMILES string of the molecule is C=C(C(=O)O)[C@H]1C[C@H](CCCC)OC1=O. The minimum atomic E-state index is -1.12. The number of unbranched alkanes of at least 4 members (excludes halogenated alkanes) is 1. The van der Waals surface area contributed by atoms with Gasteiger partial charge in [-0.05, 0) is 6.42 Å². The second-order valence-electron chi connectivity index (χ2n) is 3.82. The summed E-state index contributed by atoms with van der Waals surface area (Å²) >= 11 is 0. The van der Waals surface area contributed by atoms with E-state index in [1.807, 2.05) is 0 Å². The van der Waals surface area contributed by atoms with Crippen molar-refractivity contribution in [2.24, 2.45) is 5.92 Å². The Kier molecular flexibility index (Phi) is 3.88. The van der Waals surface area contributed by atoms with E-state index in [0.717, 1.165) is 19.3 Å². The fourth-order valence-electron chi connectivity index (χ4n) is 1.70. The summed E-state index contributed by atoms with van der Waals surface area (Å²) in [5.41, 5.74) is -0.0565. The summed E-state index contributed by atoms with van der Waals surface area (Å²) in [4.78, 5) is 22.0. The Morgan fingerprint density at radius 2 is 2.33 bits per heavy atom. The molecule has 1 fully saturated rings. The molecule has 15 heavy (non-hydrogen) atoms. The van der Waals surface area contributed by atoms with E-state index in [9.17, 15) is 9.59 Å². The summed E-state index contributed by atoms with van der Waals surface area (Å²) in [7, 11) is 0. The summed E-state index contributed by atoms with van der Waals surface area (Å²) in [6.45, 7) is 5.46. The molecule has 1 aliphatic heterocycles. The van der Waals surface area contributed by atoms with Crippen molar-refractivity contribution in [2.45, 2.75) is 38.7 Å². The van der Waals surface area contributed by atoms with Gasteiger partial charge in [0.05, 0.1) is 5.92 Å². The molecule has 4 heteroatoms. The first-order chi connectivity index (χ1) is 7.06. The quantitative estimate of drug-likeness (QED) is 0.557. The first kappa shape index (κ1) is 11.8. The fourth-order valence-corrected chi connectivity index (χ4v) is 1.70. The lowest BCUT2D eigenvalue weighted by molar-refractivity contribution is -0.145. The lowest BCUT2D eigenvalue weighted by Gasteiger charge is -2.06. The Hall–Kier alpha value is -1.32. The van der Waals surface area contributed by atoms with Crippen LogP contribution in [0.1, 0.15) is 32.6 Å². The number of carbonyl (C=O) groups excluding carboxylic acids is 1. The first-order valence-electron chi connectivity index (χ1n) is 5.18. The summed E-state index contributed by atoms with van der Waals surface area (Å²) in [5.74, 6) is -2.21. The topological polar surface area (TPSA) is 63.6 Å². The number of hydrogen-bond donors (Lipinski definition) is 1. The third-order valence-corrected chi connectivity index (χ3v) is 2.64. The Bertz CT molecular complexity index is 282. The van der Waals surface area contributed by atoms with Crippen molar-refractivity contribution in [2.75, 3.05) is 0 Å². The molecule has 1 rings (SSSR count). The molecule has 0 aromatic rings. The molecule has 2 atom stereocenters. The van der Waals surface area contributed by atoms with Gasteiger partial charge in [0.1, 0.15) is 6.10 Å². The van der Waals surface area contributed by atoms with Crippen LogP contribution in [0.15, 0.2) is 12.2 Å². The Labute approximate surface area is 88.9 Å². The molecular formula is C11H16O4. The highest BCUT2D eigenvalue weighted by Gasteiger charge is 2.37. The number of ether oxygens (including phenoxy) is 1. The van der Waals surface area contributed by atoms with E-state index in [-0.39, 0.29) is 11.7 Å². The number of esters is 1. The van der Waals surface area contributed by atoms with Gasteiger partial charge in [-0.15, -0.1) is 0 Å². The number of carboxylic acid groups (broad SMARTS) is 1.